The summed E-state index contributed by atoms with van der Waals surface area (Å²) >= 11 is 1.65. The fourth-order valence-corrected chi connectivity index (χ4v) is 10.3. The van der Waals surface area contributed by atoms with Gasteiger partial charge in [-0.15, -0.1) is 11.8 Å². The highest BCUT2D eigenvalue weighted by atomic mass is 32.2. The summed E-state index contributed by atoms with van der Waals surface area (Å²) in [7, 11) is 0. The lowest BCUT2D eigenvalue weighted by Gasteiger charge is -2.40. The Morgan fingerprint density at radius 1 is 0.907 bits per heavy atom. The maximum atomic E-state index is 14.7. The maximum absolute atomic E-state index is 14.7. The van der Waals surface area contributed by atoms with Gasteiger partial charge in [0.1, 0.15) is 11.8 Å². The molecule has 2 saturated heterocycles. The highest BCUT2D eigenvalue weighted by molar-refractivity contribution is 8.02. The molecule has 0 bridgehead atoms. The van der Waals surface area contributed by atoms with Crippen LogP contribution in [0.25, 0.3) is 0 Å². The fraction of sp³-hybridized carbons (Fsp3) is 0.618. The van der Waals surface area contributed by atoms with Gasteiger partial charge in [-0.2, -0.15) is 0 Å². The third-order valence-corrected chi connectivity index (χ3v) is 11.9. The number of benzene rings is 1. The lowest BCUT2D eigenvalue weighted by molar-refractivity contribution is -0.144. The van der Waals surface area contributed by atoms with E-state index in [0.29, 0.717) is 39.1 Å². The van der Waals surface area contributed by atoms with Crippen molar-refractivity contribution in [3.8, 4) is 5.75 Å². The van der Waals surface area contributed by atoms with Gasteiger partial charge in [-0.3, -0.25) is 14.4 Å². The molecule has 1 aliphatic carbocycles. The van der Waals surface area contributed by atoms with E-state index in [1.807, 2.05) is 47.1 Å². The molecule has 232 valence electrons. The third kappa shape index (κ3) is 5.20. The van der Waals surface area contributed by atoms with Gasteiger partial charge in [0.15, 0.2) is 0 Å². The number of amides is 3. The van der Waals surface area contributed by atoms with Crippen molar-refractivity contribution in [3.63, 3.8) is 0 Å². The van der Waals surface area contributed by atoms with Crippen LogP contribution in [0.15, 0.2) is 48.6 Å². The lowest BCUT2D eigenvalue weighted by atomic mass is 9.74. The van der Waals surface area contributed by atoms with Gasteiger partial charge >= 0.3 is 0 Å². The second kappa shape index (κ2) is 12.3. The second-order valence-corrected chi connectivity index (χ2v) is 14.6. The van der Waals surface area contributed by atoms with Crippen LogP contribution in [0.1, 0.15) is 65.2 Å². The highest BCUT2D eigenvalue weighted by Gasteiger charge is 2.74. The zero-order valence-corrected chi connectivity index (χ0v) is 26.3. The van der Waals surface area contributed by atoms with Gasteiger partial charge in [-0.05, 0) is 70.2 Å². The van der Waals surface area contributed by atoms with Gasteiger partial charge in [0.05, 0.1) is 23.2 Å². The zero-order valence-electron chi connectivity index (χ0n) is 25.5. The molecule has 43 heavy (non-hydrogen) atoms. The van der Waals surface area contributed by atoms with Crippen molar-refractivity contribution < 1.29 is 24.2 Å². The Kier molecular flexibility index (Phi) is 8.66. The van der Waals surface area contributed by atoms with Crippen LogP contribution < -0.4 is 9.64 Å². The minimum atomic E-state index is -0.824. The van der Waals surface area contributed by atoms with Crippen molar-refractivity contribution in [2.75, 3.05) is 37.7 Å². The molecule has 5 aliphatic rings. The second-order valence-electron chi connectivity index (χ2n) is 12.8. The topological polar surface area (TPSA) is 90.4 Å². The first-order chi connectivity index (χ1) is 20.8. The molecule has 1 spiro atoms. The van der Waals surface area contributed by atoms with Gasteiger partial charge in [0.25, 0.3) is 0 Å². The molecule has 1 aromatic rings. The van der Waals surface area contributed by atoms with Crippen molar-refractivity contribution in [1.29, 1.82) is 0 Å². The minimum absolute atomic E-state index is 0.0299. The van der Waals surface area contributed by atoms with Crippen molar-refractivity contribution >= 4 is 35.2 Å². The number of aliphatic hydroxyl groups is 1. The van der Waals surface area contributed by atoms with Crippen molar-refractivity contribution in [2.24, 2.45) is 11.8 Å². The number of anilines is 1. The summed E-state index contributed by atoms with van der Waals surface area (Å²) in [5.74, 6) is -0.637. The number of hydrogen-bond acceptors (Lipinski definition) is 6. The zero-order chi connectivity index (χ0) is 30.2. The van der Waals surface area contributed by atoms with E-state index in [1.54, 1.807) is 16.7 Å². The largest absolute Gasteiger partial charge is 0.494 e. The summed E-state index contributed by atoms with van der Waals surface area (Å²) in [4.78, 5) is 49.5. The summed E-state index contributed by atoms with van der Waals surface area (Å²) in [5, 5.41) is 9.35. The average molecular weight is 608 g/mol. The van der Waals surface area contributed by atoms with Crippen LogP contribution in [0.3, 0.4) is 0 Å². The molecule has 1 unspecified atom stereocenters. The molecular weight excluding hydrogens is 562 g/mol. The summed E-state index contributed by atoms with van der Waals surface area (Å²) in [6, 6.07) is 7.11. The highest BCUT2D eigenvalue weighted by Crippen LogP contribution is 2.65. The number of nitrogens with zero attached hydrogens (tertiary/aromatic N) is 3. The summed E-state index contributed by atoms with van der Waals surface area (Å²) < 4.78 is 4.16. The van der Waals surface area contributed by atoms with E-state index in [0.717, 1.165) is 43.5 Å². The van der Waals surface area contributed by atoms with E-state index >= 15 is 0 Å². The van der Waals surface area contributed by atoms with Crippen molar-refractivity contribution in [3.05, 3.63) is 48.6 Å². The average Bonchev–Trinajstić information content (AvgIpc) is 3.27. The lowest BCUT2D eigenvalue weighted by Crippen LogP contribution is -2.55. The molecule has 0 aromatic heterocycles. The molecule has 3 fully saturated rings. The molecule has 4 aliphatic heterocycles. The van der Waals surface area contributed by atoms with E-state index in [2.05, 4.69) is 25.2 Å². The summed E-state index contributed by atoms with van der Waals surface area (Å²) in [6.07, 6.45) is 16.0. The van der Waals surface area contributed by atoms with Crippen LogP contribution in [0, 0.1) is 11.8 Å². The molecule has 5 atom stereocenters. The molecule has 4 heterocycles. The molecule has 6 rings (SSSR count). The Labute approximate surface area is 259 Å². The van der Waals surface area contributed by atoms with E-state index in [4.69, 9.17) is 4.74 Å². The number of likely N-dealkylation sites (tertiary alicyclic amines) is 1. The maximum Gasteiger partial charge on any atom is 0.247 e. The van der Waals surface area contributed by atoms with E-state index in [-0.39, 0.29) is 30.4 Å². The standard InChI is InChI=1S/C34H45N3O5S/c1-3-42-26-16-14-25(15-17-26)35-21-10-18-33(2)27(30(35)39)28-31(40)37(20-8-5-9-23-38)29-32(41)36(24-12-6-4-7-13-24)22-11-19-34(28,29)43-33/h10-11,14-19,24,27-29,38H,3-9,12-13,20-23H2,1-2H3/t27-,28-,29?,33+,34-/m0/s1. The SMILES string of the molecule is CCOc1ccc(N2CC=C[C@@]3(C)S[C@]45C=CCN(C6CCCCC6)C(=O)C4N(CCCCCO)C(=O)[C@@H]5[C@H]3C2=O)cc1. The van der Waals surface area contributed by atoms with Crippen LogP contribution in [-0.4, -0.2) is 87.1 Å². The number of rotatable bonds is 9. The number of ether oxygens (including phenoxy) is 1. The Morgan fingerprint density at radius 2 is 1.65 bits per heavy atom. The van der Waals surface area contributed by atoms with Gasteiger partial charge in [0.2, 0.25) is 17.7 Å². The number of carbonyl (C=O) groups excluding carboxylic acids is 3. The number of carbonyl (C=O) groups is 3. The van der Waals surface area contributed by atoms with Gasteiger partial charge in [0, 0.05) is 42.7 Å². The van der Waals surface area contributed by atoms with Crippen LogP contribution in [0.2, 0.25) is 0 Å². The fourth-order valence-electron chi connectivity index (χ4n) is 8.19. The molecule has 1 aromatic carbocycles. The molecule has 3 amide bonds. The molecule has 0 radical (unpaired) electrons. The van der Waals surface area contributed by atoms with Crippen LogP contribution in [0.5, 0.6) is 5.75 Å². The Hall–Kier alpha value is -2.78. The van der Waals surface area contributed by atoms with Gasteiger partial charge in [-0.1, -0.05) is 43.6 Å². The first kappa shape index (κ1) is 30.3. The van der Waals surface area contributed by atoms with E-state index < -0.39 is 27.4 Å². The Bertz CT molecular complexity index is 1280. The smallest absolute Gasteiger partial charge is 0.247 e. The van der Waals surface area contributed by atoms with Gasteiger partial charge in [-0.25, -0.2) is 0 Å². The minimum Gasteiger partial charge on any atom is -0.494 e. The number of unbranched alkanes of at least 4 members (excludes halogenated alkanes) is 2. The number of aliphatic hydroxyl groups excluding tert-OH is 1. The summed E-state index contributed by atoms with van der Waals surface area (Å²) in [6.45, 7) is 6.11. The Morgan fingerprint density at radius 3 is 2.37 bits per heavy atom. The molecular formula is C34H45N3O5S. The monoisotopic (exact) mass is 607 g/mol. The van der Waals surface area contributed by atoms with Crippen LogP contribution in [-0.2, 0) is 14.4 Å². The van der Waals surface area contributed by atoms with Crippen LogP contribution in [0.4, 0.5) is 5.69 Å². The molecule has 1 N–H and O–H groups in total. The number of fused-ring (bicyclic) bond motifs is 2. The normalized spacial score (nSPS) is 32.5. The third-order valence-electron chi connectivity index (χ3n) is 10.1. The molecule has 9 heteroatoms. The van der Waals surface area contributed by atoms with E-state index in [9.17, 15) is 19.5 Å². The molecule has 8 nitrogen and oxygen atoms in total. The first-order valence-electron chi connectivity index (χ1n) is 16.2. The Balaban J connectivity index is 1.38. The quantitative estimate of drug-likeness (QED) is 0.327. The predicted octanol–water partition coefficient (Wildman–Crippen LogP) is 4.57. The summed E-state index contributed by atoms with van der Waals surface area (Å²) in [5.41, 5.74) is 0.770. The van der Waals surface area contributed by atoms with Gasteiger partial charge < -0.3 is 24.5 Å². The van der Waals surface area contributed by atoms with Crippen LogP contribution >= 0.6 is 11.8 Å². The first-order valence-corrected chi connectivity index (χ1v) is 17.0. The molecule has 1 saturated carbocycles. The number of hydrogen-bond donors (Lipinski definition) is 1. The van der Waals surface area contributed by atoms with E-state index in [1.165, 1.54) is 6.42 Å². The predicted molar refractivity (Wildman–Crippen MR) is 169 cm³/mol. The van der Waals surface area contributed by atoms with Crippen molar-refractivity contribution in [2.45, 2.75) is 86.8 Å². The number of thioether (sulfide) groups is 1. The van der Waals surface area contributed by atoms with Crippen molar-refractivity contribution in [1.82, 2.24) is 9.80 Å².